The van der Waals surface area contributed by atoms with E-state index in [4.69, 9.17) is 4.74 Å². The van der Waals surface area contributed by atoms with E-state index in [2.05, 4.69) is 21.2 Å². The summed E-state index contributed by atoms with van der Waals surface area (Å²) >= 11 is 3.31. The SMILES string of the molecule is COCCCNCc1cc(Br)ccc1[N+](=O)[O-]. The van der Waals surface area contributed by atoms with Crippen molar-refractivity contribution in [3.63, 3.8) is 0 Å². The van der Waals surface area contributed by atoms with Crippen LogP contribution in [0.3, 0.4) is 0 Å². The molecule has 0 saturated carbocycles. The monoisotopic (exact) mass is 302 g/mol. The molecule has 0 bridgehead atoms. The highest BCUT2D eigenvalue weighted by molar-refractivity contribution is 9.10. The molecule has 1 aromatic carbocycles. The highest BCUT2D eigenvalue weighted by atomic mass is 79.9. The number of nitrogens with one attached hydrogen (secondary N) is 1. The molecule has 0 unspecified atom stereocenters. The van der Waals surface area contributed by atoms with E-state index in [1.165, 1.54) is 6.07 Å². The molecular formula is C11H15BrN2O3. The average Bonchev–Trinajstić information content (AvgIpc) is 2.28. The van der Waals surface area contributed by atoms with Crippen LogP contribution in [0.2, 0.25) is 0 Å². The molecule has 5 nitrogen and oxygen atoms in total. The summed E-state index contributed by atoms with van der Waals surface area (Å²) in [7, 11) is 1.65. The van der Waals surface area contributed by atoms with Crippen LogP contribution < -0.4 is 5.32 Å². The Hall–Kier alpha value is -0.980. The molecule has 17 heavy (non-hydrogen) atoms. The largest absolute Gasteiger partial charge is 0.385 e. The quantitative estimate of drug-likeness (QED) is 0.477. The van der Waals surface area contributed by atoms with Crippen LogP contribution in [-0.2, 0) is 11.3 Å². The number of hydrogen-bond donors (Lipinski definition) is 1. The fourth-order valence-corrected chi connectivity index (χ4v) is 1.85. The van der Waals surface area contributed by atoms with Crippen LogP contribution >= 0.6 is 15.9 Å². The van der Waals surface area contributed by atoms with E-state index in [1.807, 2.05) is 0 Å². The number of hydrogen-bond acceptors (Lipinski definition) is 4. The molecule has 0 aliphatic rings. The van der Waals surface area contributed by atoms with Crippen LogP contribution in [0.15, 0.2) is 22.7 Å². The molecule has 0 spiro atoms. The van der Waals surface area contributed by atoms with E-state index in [0.717, 1.165) is 17.4 Å². The van der Waals surface area contributed by atoms with Gasteiger partial charge in [0.2, 0.25) is 0 Å². The van der Waals surface area contributed by atoms with Gasteiger partial charge in [-0.3, -0.25) is 10.1 Å². The maximum absolute atomic E-state index is 10.8. The van der Waals surface area contributed by atoms with Crippen molar-refractivity contribution in [2.24, 2.45) is 0 Å². The molecule has 94 valence electrons. The van der Waals surface area contributed by atoms with Gasteiger partial charge < -0.3 is 10.1 Å². The van der Waals surface area contributed by atoms with Gasteiger partial charge in [-0.25, -0.2) is 0 Å². The maximum atomic E-state index is 10.8. The smallest absolute Gasteiger partial charge is 0.273 e. The number of nitrogens with zero attached hydrogens (tertiary/aromatic N) is 1. The minimum Gasteiger partial charge on any atom is -0.385 e. The Morgan fingerprint density at radius 3 is 2.94 bits per heavy atom. The molecule has 0 saturated heterocycles. The minimum absolute atomic E-state index is 0.146. The normalized spacial score (nSPS) is 10.5. The zero-order valence-corrected chi connectivity index (χ0v) is 11.2. The van der Waals surface area contributed by atoms with Crippen molar-refractivity contribution in [3.05, 3.63) is 38.3 Å². The molecule has 0 aliphatic carbocycles. The molecular weight excluding hydrogens is 288 g/mol. The number of rotatable bonds is 7. The summed E-state index contributed by atoms with van der Waals surface area (Å²) in [5.41, 5.74) is 0.828. The Morgan fingerprint density at radius 1 is 1.53 bits per heavy atom. The van der Waals surface area contributed by atoms with Crippen molar-refractivity contribution in [1.29, 1.82) is 0 Å². The number of nitro benzene ring substituents is 1. The van der Waals surface area contributed by atoms with E-state index in [1.54, 1.807) is 19.2 Å². The second-order valence-electron chi connectivity index (χ2n) is 3.55. The summed E-state index contributed by atoms with van der Waals surface area (Å²) in [6.07, 6.45) is 0.887. The molecule has 0 aromatic heterocycles. The summed E-state index contributed by atoms with van der Waals surface area (Å²) in [4.78, 5) is 10.4. The van der Waals surface area contributed by atoms with Crippen LogP contribution in [0.4, 0.5) is 5.69 Å². The lowest BCUT2D eigenvalue weighted by molar-refractivity contribution is -0.385. The predicted octanol–water partition coefficient (Wildman–Crippen LogP) is 2.48. The first-order valence-corrected chi connectivity index (χ1v) is 6.07. The van der Waals surface area contributed by atoms with Crippen LogP contribution in [-0.4, -0.2) is 25.2 Å². The highest BCUT2D eigenvalue weighted by Crippen LogP contribution is 2.22. The molecule has 0 fully saturated rings. The van der Waals surface area contributed by atoms with Gasteiger partial charge in [0.15, 0.2) is 0 Å². The average molecular weight is 303 g/mol. The van der Waals surface area contributed by atoms with Gasteiger partial charge in [0.25, 0.3) is 5.69 Å². The topological polar surface area (TPSA) is 64.4 Å². The van der Waals surface area contributed by atoms with Crippen LogP contribution in [0.1, 0.15) is 12.0 Å². The first kappa shape index (κ1) is 14.1. The van der Waals surface area contributed by atoms with Crippen molar-refractivity contribution in [2.75, 3.05) is 20.3 Å². The van der Waals surface area contributed by atoms with Crippen molar-refractivity contribution in [1.82, 2.24) is 5.32 Å². The van der Waals surface area contributed by atoms with Crippen molar-refractivity contribution < 1.29 is 9.66 Å². The molecule has 6 heteroatoms. The van der Waals surface area contributed by atoms with Crippen molar-refractivity contribution >= 4 is 21.6 Å². The van der Waals surface area contributed by atoms with Gasteiger partial charge in [-0.15, -0.1) is 0 Å². The van der Waals surface area contributed by atoms with Gasteiger partial charge >= 0.3 is 0 Å². The summed E-state index contributed by atoms with van der Waals surface area (Å²) in [5.74, 6) is 0. The summed E-state index contributed by atoms with van der Waals surface area (Å²) in [5, 5.41) is 14.0. The van der Waals surface area contributed by atoms with Gasteiger partial charge in [0, 0.05) is 36.4 Å². The van der Waals surface area contributed by atoms with E-state index in [-0.39, 0.29) is 10.6 Å². The van der Waals surface area contributed by atoms with Gasteiger partial charge in [-0.2, -0.15) is 0 Å². The summed E-state index contributed by atoms with van der Waals surface area (Å²) in [6, 6.07) is 4.95. The third-order valence-corrected chi connectivity index (χ3v) is 2.75. The lowest BCUT2D eigenvalue weighted by Gasteiger charge is -2.06. The van der Waals surface area contributed by atoms with Gasteiger partial charge in [0.05, 0.1) is 4.92 Å². The Morgan fingerprint density at radius 2 is 2.29 bits per heavy atom. The van der Waals surface area contributed by atoms with Crippen LogP contribution in [0.25, 0.3) is 0 Å². The number of nitro groups is 1. The van der Waals surface area contributed by atoms with Gasteiger partial charge in [-0.1, -0.05) is 15.9 Å². The van der Waals surface area contributed by atoms with Gasteiger partial charge in [0.1, 0.15) is 0 Å². The zero-order valence-electron chi connectivity index (χ0n) is 9.61. The molecule has 1 N–H and O–H groups in total. The number of methoxy groups -OCH3 is 1. The first-order valence-electron chi connectivity index (χ1n) is 5.27. The van der Waals surface area contributed by atoms with E-state index in [9.17, 15) is 10.1 Å². The number of benzene rings is 1. The lowest BCUT2D eigenvalue weighted by atomic mass is 10.2. The standard InChI is InChI=1S/C11H15BrN2O3/c1-17-6-2-5-13-8-9-7-10(12)3-4-11(9)14(15)16/h3-4,7,13H,2,5-6,8H2,1H3. The fourth-order valence-electron chi connectivity index (χ4n) is 1.44. The Labute approximate surface area is 108 Å². The maximum Gasteiger partial charge on any atom is 0.273 e. The van der Waals surface area contributed by atoms with E-state index in [0.29, 0.717) is 18.7 Å². The van der Waals surface area contributed by atoms with E-state index < -0.39 is 0 Å². The molecule has 0 atom stereocenters. The summed E-state index contributed by atoms with van der Waals surface area (Å²) in [6.45, 7) is 1.95. The second kappa shape index (κ2) is 7.37. The molecule has 1 rings (SSSR count). The Balaban J connectivity index is 2.56. The lowest BCUT2D eigenvalue weighted by Crippen LogP contribution is -2.17. The minimum atomic E-state index is -0.362. The second-order valence-corrected chi connectivity index (χ2v) is 4.47. The third-order valence-electron chi connectivity index (χ3n) is 2.26. The Kier molecular flexibility index (Phi) is 6.10. The Bertz CT molecular complexity index is 385. The molecule has 0 radical (unpaired) electrons. The van der Waals surface area contributed by atoms with Gasteiger partial charge in [-0.05, 0) is 25.1 Å². The number of halogens is 1. The van der Waals surface area contributed by atoms with Crippen LogP contribution in [0.5, 0.6) is 0 Å². The van der Waals surface area contributed by atoms with Crippen molar-refractivity contribution in [2.45, 2.75) is 13.0 Å². The van der Waals surface area contributed by atoms with E-state index >= 15 is 0 Å². The fraction of sp³-hybridized carbons (Fsp3) is 0.455. The predicted molar refractivity (Wildman–Crippen MR) is 69.0 cm³/mol. The van der Waals surface area contributed by atoms with Crippen LogP contribution in [0, 0.1) is 10.1 Å². The molecule has 0 aliphatic heterocycles. The molecule has 0 heterocycles. The molecule has 1 aromatic rings. The third kappa shape index (κ3) is 4.80. The molecule has 0 amide bonds. The zero-order chi connectivity index (χ0) is 12.7. The highest BCUT2D eigenvalue weighted by Gasteiger charge is 2.12. The first-order chi connectivity index (χ1) is 8.15. The van der Waals surface area contributed by atoms with Crippen molar-refractivity contribution in [3.8, 4) is 0 Å². The summed E-state index contributed by atoms with van der Waals surface area (Å²) < 4.78 is 5.76. The number of ether oxygens (including phenoxy) is 1.